The van der Waals surface area contributed by atoms with Crippen LogP contribution in [0.3, 0.4) is 0 Å². The number of carbonyl (C=O) groups excluding carboxylic acids is 1. The molecule has 0 fully saturated rings. The number of pyridine rings is 2. The topological polar surface area (TPSA) is 127 Å². The summed E-state index contributed by atoms with van der Waals surface area (Å²) in [6.45, 7) is 0.220. The summed E-state index contributed by atoms with van der Waals surface area (Å²) in [5, 5.41) is 10.1. The Morgan fingerprint density at radius 2 is 1.97 bits per heavy atom. The van der Waals surface area contributed by atoms with Gasteiger partial charge in [0.15, 0.2) is 0 Å². The standard InChI is InChI=1S/C22H20FN5O5S/c1-27(30)22(29)18-10-16-19(11-25-18)28(12-14-5-7-15(23)8-6-14)13-20(16)34(31,32)26-17-4-3-9-24-21(17)33-2/h3-11,13,26,30H,12H2,1-2H3. The molecule has 4 rings (SSSR count). The SMILES string of the molecule is COc1ncccc1NS(=O)(=O)c1cn(Cc2ccc(F)cc2)c2cnc(C(=O)N(C)O)cc12. The summed E-state index contributed by atoms with van der Waals surface area (Å²) in [5.41, 5.74) is 1.12. The molecule has 0 aliphatic rings. The number of hydrogen-bond donors (Lipinski definition) is 2. The highest BCUT2D eigenvalue weighted by molar-refractivity contribution is 7.93. The first-order chi connectivity index (χ1) is 16.2. The van der Waals surface area contributed by atoms with Gasteiger partial charge < -0.3 is 9.30 Å². The number of hydroxylamine groups is 2. The number of nitrogens with one attached hydrogen (secondary N) is 1. The molecule has 0 radical (unpaired) electrons. The quantitative estimate of drug-likeness (QED) is 0.304. The van der Waals surface area contributed by atoms with Gasteiger partial charge in [0.2, 0.25) is 5.88 Å². The van der Waals surface area contributed by atoms with E-state index in [9.17, 15) is 22.8 Å². The Hall–Kier alpha value is -4.03. The van der Waals surface area contributed by atoms with Gasteiger partial charge in [0.25, 0.3) is 15.9 Å². The highest BCUT2D eigenvalue weighted by Crippen LogP contribution is 2.30. The minimum Gasteiger partial charge on any atom is -0.480 e. The third-order valence-corrected chi connectivity index (χ3v) is 6.40. The molecule has 0 unspecified atom stereocenters. The minimum absolute atomic E-state index is 0.0839. The number of hydrogen-bond acceptors (Lipinski definition) is 7. The van der Waals surface area contributed by atoms with E-state index in [-0.39, 0.29) is 34.1 Å². The van der Waals surface area contributed by atoms with Crippen LogP contribution in [0, 0.1) is 5.82 Å². The van der Waals surface area contributed by atoms with Crippen molar-refractivity contribution in [3.63, 3.8) is 0 Å². The summed E-state index contributed by atoms with van der Waals surface area (Å²) in [5.74, 6) is -1.11. The molecule has 0 saturated carbocycles. The molecule has 0 atom stereocenters. The summed E-state index contributed by atoms with van der Waals surface area (Å²) < 4.78 is 49.3. The van der Waals surface area contributed by atoms with Crippen LogP contribution >= 0.6 is 0 Å². The average Bonchev–Trinajstić information content (AvgIpc) is 3.18. The van der Waals surface area contributed by atoms with Gasteiger partial charge in [-0.3, -0.25) is 14.7 Å². The van der Waals surface area contributed by atoms with Gasteiger partial charge >= 0.3 is 0 Å². The van der Waals surface area contributed by atoms with Crippen LogP contribution in [0.2, 0.25) is 0 Å². The van der Waals surface area contributed by atoms with Gasteiger partial charge in [-0.25, -0.2) is 27.8 Å². The Morgan fingerprint density at radius 1 is 1.24 bits per heavy atom. The van der Waals surface area contributed by atoms with E-state index in [0.29, 0.717) is 10.6 Å². The predicted molar refractivity (Wildman–Crippen MR) is 121 cm³/mol. The molecule has 3 aromatic heterocycles. The molecule has 0 saturated heterocycles. The first-order valence-electron chi connectivity index (χ1n) is 9.91. The molecule has 1 aromatic carbocycles. The molecule has 176 valence electrons. The zero-order chi connectivity index (χ0) is 24.5. The van der Waals surface area contributed by atoms with Crippen molar-refractivity contribution in [2.24, 2.45) is 0 Å². The van der Waals surface area contributed by atoms with Crippen molar-refractivity contribution in [3.8, 4) is 5.88 Å². The summed E-state index contributed by atoms with van der Waals surface area (Å²) in [6.07, 6.45) is 4.21. The molecule has 1 amide bonds. The van der Waals surface area contributed by atoms with Crippen LogP contribution < -0.4 is 9.46 Å². The van der Waals surface area contributed by atoms with Crippen molar-refractivity contribution in [2.45, 2.75) is 11.4 Å². The largest absolute Gasteiger partial charge is 0.480 e. The van der Waals surface area contributed by atoms with Gasteiger partial charge in [0.05, 0.1) is 18.8 Å². The molecule has 0 aliphatic heterocycles. The average molecular weight is 485 g/mol. The van der Waals surface area contributed by atoms with Crippen LogP contribution in [0.5, 0.6) is 5.88 Å². The van der Waals surface area contributed by atoms with Crippen LogP contribution in [-0.2, 0) is 16.6 Å². The molecule has 0 bridgehead atoms. The Morgan fingerprint density at radius 3 is 2.65 bits per heavy atom. The van der Waals surface area contributed by atoms with E-state index in [2.05, 4.69) is 14.7 Å². The molecule has 3 heterocycles. The Labute approximate surface area is 194 Å². The second kappa shape index (κ2) is 9.08. The van der Waals surface area contributed by atoms with Crippen molar-refractivity contribution in [3.05, 3.63) is 78.1 Å². The van der Waals surface area contributed by atoms with Crippen LogP contribution in [0.1, 0.15) is 16.1 Å². The van der Waals surface area contributed by atoms with Crippen molar-refractivity contribution in [1.29, 1.82) is 0 Å². The molecule has 34 heavy (non-hydrogen) atoms. The molecular weight excluding hydrogens is 465 g/mol. The Bertz CT molecular complexity index is 1470. The molecule has 10 nitrogen and oxygen atoms in total. The summed E-state index contributed by atoms with van der Waals surface area (Å²) in [4.78, 5) is 20.2. The van der Waals surface area contributed by atoms with Crippen LogP contribution in [0.4, 0.5) is 10.1 Å². The molecular formula is C22H20FN5O5S. The zero-order valence-electron chi connectivity index (χ0n) is 18.1. The number of nitrogens with zero attached hydrogens (tertiary/aromatic N) is 4. The smallest absolute Gasteiger partial charge is 0.295 e. The fraction of sp³-hybridized carbons (Fsp3) is 0.136. The lowest BCUT2D eigenvalue weighted by Gasteiger charge is -2.10. The van der Waals surface area contributed by atoms with Gasteiger partial charge in [-0.05, 0) is 35.9 Å². The molecule has 0 spiro atoms. The van der Waals surface area contributed by atoms with Crippen molar-refractivity contribution in [2.75, 3.05) is 18.9 Å². The van der Waals surface area contributed by atoms with E-state index >= 15 is 0 Å². The molecule has 2 N–H and O–H groups in total. The van der Waals surface area contributed by atoms with Crippen LogP contribution in [0.25, 0.3) is 10.9 Å². The molecule has 12 heteroatoms. The number of carbonyl (C=O) groups is 1. The number of fused-ring (bicyclic) bond motifs is 1. The third-order valence-electron chi connectivity index (χ3n) is 5.01. The van der Waals surface area contributed by atoms with Gasteiger partial charge in [-0.15, -0.1) is 0 Å². The van der Waals surface area contributed by atoms with Crippen LogP contribution in [0.15, 0.2) is 66.0 Å². The fourth-order valence-corrected chi connectivity index (χ4v) is 4.67. The van der Waals surface area contributed by atoms with E-state index in [1.54, 1.807) is 22.8 Å². The number of halogens is 1. The number of benzene rings is 1. The Balaban J connectivity index is 1.85. The fourth-order valence-electron chi connectivity index (χ4n) is 3.40. The summed E-state index contributed by atoms with van der Waals surface area (Å²) >= 11 is 0. The van der Waals surface area contributed by atoms with E-state index < -0.39 is 21.7 Å². The Kier molecular flexibility index (Phi) is 6.18. The van der Waals surface area contributed by atoms with E-state index in [1.165, 1.54) is 50.0 Å². The van der Waals surface area contributed by atoms with Gasteiger partial charge in [-0.1, -0.05) is 12.1 Å². The monoisotopic (exact) mass is 485 g/mol. The van der Waals surface area contributed by atoms with Gasteiger partial charge in [0.1, 0.15) is 22.1 Å². The highest BCUT2D eigenvalue weighted by atomic mass is 32.2. The second-order valence-corrected chi connectivity index (χ2v) is 8.98. The first kappa shape index (κ1) is 23.1. The maximum atomic E-state index is 13.4. The lowest BCUT2D eigenvalue weighted by Crippen LogP contribution is -2.23. The van der Waals surface area contributed by atoms with Crippen molar-refractivity contribution in [1.82, 2.24) is 19.6 Å². The predicted octanol–water partition coefficient (Wildman–Crippen LogP) is 2.89. The third kappa shape index (κ3) is 4.54. The number of sulfonamides is 1. The number of rotatable bonds is 7. The van der Waals surface area contributed by atoms with E-state index in [1.807, 2.05) is 0 Å². The van der Waals surface area contributed by atoms with Gasteiger partial charge in [-0.2, -0.15) is 0 Å². The number of aromatic nitrogens is 3. The second-order valence-electron chi connectivity index (χ2n) is 7.33. The van der Waals surface area contributed by atoms with Crippen molar-refractivity contribution < 1.29 is 27.5 Å². The van der Waals surface area contributed by atoms with E-state index in [0.717, 1.165) is 12.6 Å². The number of amides is 1. The number of anilines is 1. The molecule has 0 aliphatic carbocycles. The number of ether oxygens (including phenoxy) is 1. The summed E-state index contributed by atoms with van der Waals surface area (Å²) in [7, 11) is -1.67. The lowest BCUT2D eigenvalue weighted by molar-refractivity contribution is -0.0379. The maximum Gasteiger partial charge on any atom is 0.295 e. The minimum atomic E-state index is -4.18. The lowest BCUT2D eigenvalue weighted by atomic mass is 10.2. The maximum absolute atomic E-state index is 13.4. The molecule has 4 aromatic rings. The van der Waals surface area contributed by atoms with Crippen LogP contribution in [-0.4, -0.2) is 53.3 Å². The highest BCUT2D eigenvalue weighted by Gasteiger charge is 2.25. The first-order valence-corrected chi connectivity index (χ1v) is 11.4. The zero-order valence-corrected chi connectivity index (χ0v) is 19.0. The normalized spacial score (nSPS) is 11.4. The number of methoxy groups -OCH3 is 1. The van der Waals surface area contributed by atoms with E-state index in [4.69, 9.17) is 4.74 Å². The summed E-state index contributed by atoms with van der Waals surface area (Å²) in [6, 6.07) is 10.1. The van der Waals surface area contributed by atoms with Crippen molar-refractivity contribution >= 4 is 32.5 Å². The van der Waals surface area contributed by atoms with Gasteiger partial charge in [0, 0.05) is 31.4 Å².